The number of likely N-dealkylation sites (tertiary alicyclic amines) is 1. The van der Waals surface area contributed by atoms with Crippen molar-refractivity contribution >= 4 is 11.4 Å². The van der Waals surface area contributed by atoms with Gasteiger partial charge in [-0.25, -0.2) is 13.6 Å². The van der Waals surface area contributed by atoms with Gasteiger partial charge in [-0.15, -0.1) is 5.10 Å². The number of carbonyl (C=O) groups excluding carboxylic acids is 1. The molecule has 0 radical (unpaired) electrons. The lowest BCUT2D eigenvalue weighted by Gasteiger charge is -2.38. The molecule has 1 atom stereocenters. The first-order valence-electron chi connectivity index (χ1n) is 9.88. The first-order valence-corrected chi connectivity index (χ1v) is 9.88. The number of carbonyl (C=O) groups is 1. The van der Waals surface area contributed by atoms with E-state index < -0.39 is 11.6 Å². The number of rotatable bonds is 4. The molecule has 0 aromatic carbocycles. The number of H-pyrrole nitrogens is 1. The smallest absolute Gasteiger partial charge is 0.276 e. The van der Waals surface area contributed by atoms with Crippen LogP contribution in [0, 0.1) is 24.2 Å². The number of hydrogen-bond acceptors (Lipinski definition) is 5. The molecule has 1 saturated heterocycles. The molecule has 30 heavy (non-hydrogen) atoms. The van der Waals surface area contributed by atoms with Crippen LogP contribution >= 0.6 is 0 Å². The van der Waals surface area contributed by atoms with Crippen LogP contribution in [0.5, 0.6) is 0 Å². The molecule has 0 aliphatic carbocycles. The van der Waals surface area contributed by atoms with Crippen molar-refractivity contribution in [3.05, 3.63) is 46.1 Å². The van der Waals surface area contributed by atoms with Crippen molar-refractivity contribution in [3.8, 4) is 12.0 Å². The van der Waals surface area contributed by atoms with Crippen molar-refractivity contribution in [2.45, 2.75) is 38.8 Å². The van der Waals surface area contributed by atoms with Crippen molar-refractivity contribution in [2.75, 3.05) is 13.1 Å². The Hall–Kier alpha value is -3.48. The summed E-state index contributed by atoms with van der Waals surface area (Å²) in [5.74, 6) is -0.720. The van der Waals surface area contributed by atoms with Gasteiger partial charge in [0.2, 0.25) is 5.95 Å². The molecule has 0 saturated carbocycles. The zero-order valence-corrected chi connectivity index (χ0v) is 16.8. The highest BCUT2D eigenvalue weighted by Gasteiger charge is 2.42. The van der Waals surface area contributed by atoms with Gasteiger partial charge in [0.15, 0.2) is 0 Å². The van der Waals surface area contributed by atoms with Gasteiger partial charge >= 0.3 is 0 Å². The third kappa shape index (κ3) is 3.16. The average molecular weight is 411 g/mol. The van der Waals surface area contributed by atoms with Crippen molar-refractivity contribution in [1.29, 1.82) is 5.26 Å². The molecule has 0 spiro atoms. The summed E-state index contributed by atoms with van der Waals surface area (Å²) in [6.45, 7) is 3.99. The summed E-state index contributed by atoms with van der Waals surface area (Å²) < 4.78 is 17.9. The molecule has 156 valence electrons. The summed E-state index contributed by atoms with van der Waals surface area (Å²) >= 11 is 0. The van der Waals surface area contributed by atoms with Crippen LogP contribution in [0.2, 0.25) is 0 Å². The van der Waals surface area contributed by atoms with E-state index in [2.05, 4.69) is 21.3 Å². The summed E-state index contributed by atoms with van der Waals surface area (Å²) in [7, 11) is 0. The molecule has 10 heteroatoms. The third-order valence-corrected chi connectivity index (χ3v) is 5.90. The summed E-state index contributed by atoms with van der Waals surface area (Å²) in [6, 6.07) is 5.42. The molecular weight excluding hydrogens is 389 g/mol. The van der Waals surface area contributed by atoms with Crippen molar-refractivity contribution in [3.63, 3.8) is 0 Å². The first-order chi connectivity index (χ1) is 14.4. The van der Waals surface area contributed by atoms with Crippen LogP contribution in [0.15, 0.2) is 29.3 Å². The van der Waals surface area contributed by atoms with Gasteiger partial charge in [0, 0.05) is 32.1 Å². The number of nitrogens with zero attached hydrogens (tertiary/aromatic N) is 6. The van der Waals surface area contributed by atoms with Crippen LogP contribution < -0.4 is 5.56 Å². The molecule has 1 N–H and O–H groups in total. The summed E-state index contributed by atoms with van der Waals surface area (Å²) in [6.07, 6.45) is 3.80. The van der Waals surface area contributed by atoms with E-state index in [1.54, 1.807) is 37.1 Å². The normalized spacial score (nSPS) is 17.1. The Kier molecular flexibility index (Phi) is 4.89. The van der Waals surface area contributed by atoms with E-state index in [0.29, 0.717) is 23.2 Å². The maximum absolute atomic E-state index is 15.1. The van der Waals surface area contributed by atoms with Gasteiger partial charge in [0.1, 0.15) is 11.2 Å². The fraction of sp³-hybridized carbons (Fsp3) is 0.450. The van der Waals surface area contributed by atoms with Crippen LogP contribution in [0.1, 0.15) is 42.2 Å². The Bertz CT molecular complexity index is 1190. The summed E-state index contributed by atoms with van der Waals surface area (Å²) in [5.41, 5.74) is -0.578. The predicted molar refractivity (Wildman–Crippen MR) is 106 cm³/mol. The molecule has 0 bridgehead atoms. The Morgan fingerprint density at radius 2 is 2.17 bits per heavy atom. The van der Waals surface area contributed by atoms with Crippen LogP contribution in [-0.2, 0) is 0 Å². The van der Waals surface area contributed by atoms with E-state index in [4.69, 9.17) is 0 Å². The minimum atomic E-state index is -1.56. The highest BCUT2D eigenvalue weighted by Crippen LogP contribution is 2.36. The standard InChI is InChI=1S/C20H22FN7O2/c1-3-14(11-22)20(21)6-9-26(10-7-20)18(30)15-12-23-28(13(15)2)19-24-17(29)16-5-4-8-27(16)25-19/h4-5,8,12,14H,3,6-7,9-10H2,1-2H3,(H,24,25,29). The van der Waals surface area contributed by atoms with E-state index >= 15 is 4.39 Å². The van der Waals surface area contributed by atoms with Crippen LogP contribution in [0.4, 0.5) is 4.39 Å². The monoisotopic (exact) mass is 411 g/mol. The maximum atomic E-state index is 15.1. The van der Waals surface area contributed by atoms with Crippen molar-refractivity contribution in [2.24, 2.45) is 5.92 Å². The Morgan fingerprint density at radius 1 is 1.43 bits per heavy atom. The van der Waals surface area contributed by atoms with Crippen molar-refractivity contribution in [1.82, 2.24) is 29.3 Å². The quantitative estimate of drug-likeness (QED) is 0.706. The molecule has 4 rings (SSSR count). The summed E-state index contributed by atoms with van der Waals surface area (Å²) in [5, 5.41) is 17.8. The van der Waals surface area contributed by atoms with Crippen molar-refractivity contribution < 1.29 is 9.18 Å². The number of aromatic amines is 1. The van der Waals surface area contributed by atoms with E-state index in [9.17, 15) is 14.9 Å². The van der Waals surface area contributed by atoms with Gasteiger partial charge in [0.05, 0.1) is 29.4 Å². The number of halogens is 1. The topological polar surface area (TPSA) is 112 Å². The third-order valence-electron chi connectivity index (χ3n) is 5.90. The zero-order valence-electron chi connectivity index (χ0n) is 16.8. The summed E-state index contributed by atoms with van der Waals surface area (Å²) in [4.78, 5) is 29.5. The SMILES string of the molecule is CCC(C#N)C1(F)CCN(C(=O)c2cnn(-c3nn4cccc4c(=O)[nH]3)c2C)CC1. The highest BCUT2D eigenvalue weighted by molar-refractivity contribution is 5.95. The fourth-order valence-corrected chi connectivity index (χ4v) is 4.03. The van der Waals surface area contributed by atoms with Crippen LogP contribution in [0.25, 0.3) is 11.5 Å². The Balaban J connectivity index is 1.56. The lowest BCUT2D eigenvalue weighted by molar-refractivity contribution is 0.0228. The zero-order chi connectivity index (χ0) is 21.5. The van der Waals surface area contributed by atoms with E-state index in [1.807, 2.05) is 0 Å². The van der Waals surface area contributed by atoms with Gasteiger partial charge in [-0.1, -0.05) is 6.92 Å². The first kappa shape index (κ1) is 19.8. The fourth-order valence-electron chi connectivity index (χ4n) is 4.03. The molecule has 1 fully saturated rings. The number of nitriles is 1. The number of piperidine rings is 1. The predicted octanol–water partition coefficient (Wildman–Crippen LogP) is 2.01. The number of hydrogen-bond donors (Lipinski definition) is 1. The highest BCUT2D eigenvalue weighted by atomic mass is 19.1. The van der Waals surface area contributed by atoms with Gasteiger partial charge in [0.25, 0.3) is 11.5 Å². The number of amides is 1. The maximum Gasteiger partial charge on any atom is 0.276 e. The van der Waals surface area contributed by atoms with E-state index in [1.165, 1.54) is 15.4 Å². The molecule has 3 aromatic rings. The van der Waals surface area contributed by atoms with Crippen LogP contribution in [-0.4, -0.2) is 53.9 Å². The van der Waals surface area contributed by atoms with E-state index in [0.717, 1.165) is 0 Å². The molecule has 1 aliphatic rings. The van der Waals surface area contributed by atoms with Gasteiger partial charge in [-0.2, -0.15) is 10.4 Å². The minimum absolute atomic E-state index is 0.136. The minimum Gasteiger partial charge on any atom is -0.338 e. The van der Waals surface area contributed by atoms with Gasteiger partial charge < -0.3 is 4.90 Å². The van der Waals surface area contributed by atoms with Gasteiger partial charge in [-0.05, 0) is 25.5 Å². The average Bonchev–Trinajstić information content (AvgIpc) is 3.35. The molecule has 3 aromatic heterocycles. The number of alkyl halides is 1. The van der Waals surface area contributed by atoms with E-state index in [-0.39, 0.29) is 43.3 Å². The lowest BCUT2D eigenvalue weighted by atomic mass is 9.80. The number of fused-ring (bicyclic) bond motifs is 1. The molecule has 1 unspecified atom stereocenters. The molecule has 1 aliphatic heterocycles. The second-order valence-electron chi connectivity index (χ2n) is 7.59. The second kappa shape index (κ2) is 7.40. The molecular formula is C20H22FN7O2. The lowest BCUT2D eigenvalue weighted by Crippen LogP contribution is -2.47. The number of aromatic nitrogens is 5. The molecule has 1 amide bonds. The Labute approximate surface area is 171 Å². The number of nitrogens with one attached hydrogen (secondary N) is 1. The largest absolute Gasteiger partial charge is 0.338 e. The molecule has 9 nitrogen and oxygen atoms in total. The van der Waals surface area contributed by atoms with Crippen LogP contribution in [0.3, 0.4) is 0 Å². The Morgan fingerprint density at radius 3 is 2.83 bits per heavy atom. The molecule has 4 heterocycles. The second-order valence-corrected chi connectivity index (χ2v) is 7.59. The van der Waals surface area contributed by atoms with Gasteiger partial charge in [-0.3, -0.25) is 14.6 Å².